The number of alkyl halides is 2. The van der Waals surface area contributed by atoms with Gasteiger partial charge < -0.3 is 4.98 Å². The minimum Gasteiger partial charge on any atom is -0.310 e. The van der Waals surface area contributed by atoms with E-state index in [4.69, 9.17) is 0 Å². The number of aromatic nitrogens is 7. The molecule has 1 aromatic carbocycles. The fourth-order valence-electron chi connectivity index (χ4n) is 4.13. The van der Waals surface area contributed by atoms with Crippen molar-refractivity contribution < 1.29 is 8.78 Å². The Morgan fingerprint density at radius 2 is 2.00 bits per heavy atom. The molecule has 0 unspecified atom stereocenters. The van der Waals surface area contributed by atoms with Gasteiger partial charge in [0.15, 0.2) is 5.65 Å². The zero-order chi connectivity index (χ0) is 21.6. The molecule has 0 bridgehead atoms. The van der Waals surface area contributed by atoms with E-state index in [1.54, 1.807) is 15.7 Å². The lowest BCUT2D eigenvalue weighted by Crippen LogP contribution is -2.27. The fraction of sp³-hybridized carbons (Fsp3) is 0.381. The summed E-state index contributed by atoms with van der Waals surface area (Å²) in [6.07, 6.45) is 3.73. The highest BCUT2D eigenvalue weighted by Crippen LogP contribution is 2.38. The first-order valence-corrected chi connectivity index (χ1v) is 10.2. The molecule has 0 aliphatic heterocycles. The minimum atomic E-state index is -2.63. The zero-order valence-electron chi connectivity index (χ0n) is 16.9. The summed E-state index contributed by atoms with van der Waals surface area (Å²) >= 11 is 0. The summed E-state index contributed by atoms with van der Waals surface area (Å²) in [5.41, 5.74) is 1.90. The molecule has 0 atom stereocenters. The quantitative estimate of drug-likeness (QED) is 0.541. The summed E-state index contributed by atoms with van der Waals surface area (Å²) < 4.78 is 30.5. The zero-order valence-corrected chi connectivity index (χ0v) is 16.9. The number of aryl methyl sites for hydroxylation is 1. The van der Waals surface area contributed by atoms with Crippen LogP contribution in [0.15, 0.2) is 41.6 Å². The molecule has 4 aromatic rings. The van der Waals surface area contributed by atoms with E-state index in [1.165, 1.54) is 6.20 Å². The number of para-hydroxylation sites is 1. The van der Waals surface area contributed by atoms with Gasteiger partial charge in [0.1, 0.15) is 23.4 Å². The third-order valence-electron chi connectivity index (χ3n) is 5.75. The highest BCUT2D eigenvalue weighted by atomic mass is 19.3. The number of benzene rings is 1. The minimum absolute atomic E-state index is 0.181. The normalized spacial score (nSPS) is 16.7. The fourth-order valence-corrected chi connectivity index (χ4v) is 4.13. The van der Waals surface area contributed by atoms with Crippen LogP contribution in [0.2, 0.25) is 0 Å². The van der Waals surface area contributed by atoms with E-state index < -0.39 is 5.92 Å². The molecule has 1 aliphatic carbocycles. The van der Waals surface area contributed by atoms with Crippen LogP contribution in [-0.2, 0) is 6.42 Å². The number of aromatic amines is 1. The Balaban J connectivity index is 1.50. The second kappa shape index (κ2) is 7.36. The van der Waals surface area contributed by atoms with Crippen molar-refractivity contribution in [3.63, 3.8) is 0 Å². The van der Waals surface area contributed by atoms with E-state index in [2.05, 4.69) is 25.1 Å². The van der Waals surface area contributed by atoms with Gasteiger partial charge in [-0.2, -0.15) is 10.2 Å². The molecule has 0 amide bonds. The Morgan fingerprint density at radius 1 is 1.23 bits per heavy atom. The maximum absolute atomic E-state index is 13.6. The summed E-state index contributed by atoms with van der Waals surface area (Å²) in [4.78, 5) is 24.3. The van der Waals surface area contributed by atoms with Crippen molar-refractivity contribution in [1.29, 1.82) is 0 Å². The molecule has 8 nitrogen and oxygen atoms in total. The van der Waals surface area contributed by atoms with E-state index >= 15 is 0 Å². The van der Waals surface area contributed by atoms with Crippen LogP contribution in [0.4, 0.5) is 8.78 Å². The number of fused-ring (bicyclic) bond motifs is 1. The van der Waals surface area contributed by atoms with Gasteiger partial charge in [0.05, 0.1) is 17.9 Å². The third kappa shape index (κ3) is 3.73. The Kier molecular flexibility index (Phi) is 4.64. The van der Waals surface area contributed by atoms with Gasteiger partial charge in [0.25, 0.3) is 5.56 Å². The lowest BCUT2D eigenvalue weighted by atomic mass is 9.92. The molecule has 160 valence electrons. The first-order chi connectivity index (χ1) is 14.9. The molecule has 0 spiro atoms. The summed E-state index contributed by atoms with van der Waals surface area (Å²) in [7, 11) is 0. The maximum atomic E-state index is 13.6. The summed E-state index contributed by atoms with van der Waals surface area (Å²) in [5, 5.41) is 9.04. The molecule has 1 fully saturated rings. The van der Waals surface area contributed by atoms with Gasteiger partial charge in [0, 0.05) is 19.3 Å². The van der Waals surface area contributed by atoms with Crippen LogP contribution >= 0.6 is 0 Å². The monoisotopic (exact) mass is 425 g/mol. The topological polar surface area (TPSA) is 94.3 Å². The van der Waals surface area contributed by atoms with Gasteiger partial charge in [-0.05, 0) is 31.4 Å². The van der Waals surface area contributed by atoms with E-state index in [1.807, 2.05) is 31.2 Å². The maximum Gasteiger partial charge on any atom is 0.262 e. The van der Waals surface area contributed by atoms with E-state index in [9.17, 15) is 13.6 Å². The van der Waals surface area contributed by atoms with Gasteiger partial charge in [-0.15, -0.1) is 0 Å². The van der Waals surface area contributed by atoms with Crippen LogP contribution in [-0.4, -0.2) is 40.4 Å². The number of halogens is 2. The van der Waals surface area contributed by atoms with Crippen molar-refractivity contribution in [3.8, 4) is 5.69 Å². The second-order valence-corrected chi connectivity index (χ2v) is 7.97. The lowest BCUT2D eigenvalue weighted by molar-refractivity contribution is -0.0446. The molecule has 0 saturated heterocycles. The van der Waals surface area contributed by atoms with Crippen molar-refractivity contribution in [2.75, 3.05) is 0 Å². The highest BCUT2D eigenvalue weighted by molar-refractivity contribution is 5.73. The average Bonchev–Trinajstić information content (AvgIpc) is 3.35. The summed E-state index contributed by atoms with van der Waals surface area (Å²) in [6, 6.07) is 7.49. The molecule has 5 rings (SSSR count). The van der Waals surface area contributed by atoms with E-state index in [0.29, 0.717) is 41.9 Å². The van der Waals surface area contributed by atoms with Crippen LogP contribution in [0.3, 0.4) is 0 Å². The van der Waals surface area contributed by atoms with Crippen molar-refractivity contribution in [2.24, 2.45) is 0 Å². The smallest absolute Gasteiger partial charge is 0.262 e. The number of nitrogens with one attached hydrogen (secondary N) is 1. The Bertz CT molecular complexity index is 1300. The third-order valence-corrected chi connectivity index (χ3v) is 5.75. The largest absolute Gasteiger partial charge is 0.310 e. The van der Waals surface area contributed by atoms with Crippen molar-refractivity contribution >= 4 is 11.0 Å². The Labute approximate surface area is 176 Å². The number of H-pyrrole nitrogens is 1. The standard InChI is InChI=1S/C21H21F2N7O/c1-13-24-12-29(28-13)17-5-3-2-4-14(17)10-18-26-19-16(20(31)27-18)11-25-30(19)15-6-8-21(22,23)9-7-15/h2-5,11-12,15H,6-10H2,1H3,(H,26,27,31). The molecule has 3 heterocycles. The molecule has 1 aliphatic rings. The van der Waals surface area contributed by atoms with Gasteiger partial charge in [0.2, 0.25) is 5.92 Å². The summed E-state index contributed by atoms with van der Waals surface area (Å²) in [5.74, 6) is -1.49. The SMILES string of the molecule is Cc1ncn(-c2ccccc2Cc2nc3c(cnn3C3CCC(F)(F)CC3)c(=O)[nH]2)n1. The number of hydrogen-bond acceptors (Lipinski definition) is 5. The van der Waals surface area contributed by atoms with Crippen molar-refractivity contribution in [3.05, 3.63) is 64.4 Å². The molecule has 0 radical (unpaired) electrons. The van der Waals surface area contributed by atoms with Crippen LogP contribution in [0.25, 0.3) is 16.7 Å². The van der Waals surface area contributed by atoms with Crippen molar-refractivity contribution in [1.82, 2.24) is 34.5 Å². The lowest BCUT2D eigenvalue weighted by Gasteiger charge is -2.28. The molecule has 3 aromatic heterocycles. The van der Waals surface area contributed by atoms with E-state index in [-0.39, 0.29) is 24.4 Å². The highest BCUT2D eigenvalue weighted by Gasteiger charge is 2.36. The Morgan fingerprint density at radius 3 is 2.74 bits per heavy atom. The molecule has 31 heavy (non-hydrogen) atoms. The predicted molar refractivity (Wildman–Crippen MR) is 110 cm³/mol. The predicted octanol–water partition coefficient (Wildman–Crippen LogP) is 3.35. The van der Waals surface area contributed by atoms with Crippen molar-refractivity contribution in [2.45, 2.75) is 51.0 Å². The molecule has 1 saturated carbocycles. The van der Waals surface area contributed by atoms with Gasteiger partial charge in [-0.1, -0.05) is 18.2 Å². The van der Waals surface area contributed by atoms with E-state index in [0.717, 1.165) is 11.3 Å². The number of rotatable bonds is 4. The number of nitrogens with zero attached hydrogens (tertiary/aromatic N) is 6. The summed E-state index contributed by atoms with van der Waals surface area (Å²) in [6.45, 7) is 1.81. The number of hydrogen-bond donors (Lipinski definition) is 1. The van der Waals surface area contributed by atoms with Crippen LogP contribution in [0.5, 0.6) is 0 Å². The first-order valence-electron chi connectivity index (χ1n) is 10.2. The first kappa shape index (κ1) is 19.5. The van der Waals surface area contributed by atoms with Crippen LogP contribution in [0, 0.1) is 6.92 Å². The van der Waals surface area contributed by atoms with Crippen LogP contribution in [0.1, 0.15) is 48.9 Å². The van der Waals surface area contributed by atoms with Gasteiger partial charge >= 0.3 is 0 Å². The van der Waals surface area contributed by atoms with Gasteiger partial charge in [-0.25, -0.2) is 28.1 Å². The second-order valence-electron chi connectivity index (χ2n) is 7.97. The average molecular weight is 425 g/mol. The van der Waals surface area contributed by atoms with Gasteiger partial charge in [-0.3, -0.25) is 4.79 Å². The molecule has 10 heteroatoms. The molecular weight excluding hydrogens is 404 g/mol. The Hall–Kier alpha value is -3.43. The van der Waals surface area contributed by atoms with Crippen LogP contribution < -0.4 is 5.56 Å². The molecule has 1 N–H and O–H groups in total. The molecular formula is C21H21F2N7O.